The Morgan fingerprint density at radius 1 is 0.952 bits per heavy atom. The number of benzene rings is 2. The van der Waals surface area contributed by atoms with Crippen LogP contribution in [0.25, 0.3) is 0 Å². The first-order valence-electron chi connectivity index (χ1n) is 15.0. The summed E-state index contributed by atoms with van der Waals surface area (Å²) in [5, 5.41) is 1.02. The van der Waals surface area contributed by atoms with E-state index < -0.39 is 5.41 Å². The van der Waals surface area contributed by atoms with Gasteiger partial charge in [0.05, 0.1) is 38.0 Å². The molecule has 230 valence electrons. The van der Waals surface area contributed by atoms with Gasteiger partial charge in [0.15, 0.2) is 11.5 Å². The highest BCUT2D eigenvalue weighted by Crippen LogP contribution is 2.40. The Balaban J connectivity index is 1.31. The number of hydrogen-bond acceptors (Lipinski definition) is 7. The fraction of sp³-hybridized carbons (Fsp3) is 0.594. The molecule has 1 unspecified atom stereocenters. The summed E-state index contributed by atoms with van der Waals surface area (Å²) >= 11 is 12.8. The normalized spacial score (nSPS) is 22.4. The molecule has 0 saturated carbocycles. The van der Waals surface area contributed by atoms with Gasteiger partial charge in [0.25, 0.3) is 5.91 Å². The van der Waals surface area contributed by atoms with Gasteiger partial charge in [-0.1, -0.05) is 29.3 Å². The van der Waals surface area contributed by atoms with Crippen LogP contribution in [0, 0.1) is 0 Å². The molecular weight excluding hydrogens is 577 g/mol. The smallest absolute Gasteiger partial charge is 0.255 e. The second-order valence-electron chi connectivity index (χ2n) is 11.7. The van der Waals surface area contributed by atoms with Crippen LogP contribution in [0.3, 0.4) is 0 Å². The predicted octanol–water partition coefficient (Wildman–Crippen LogP) is 5.73. The number of rotatable bonds is 10. The van der Waals surface area contributed by atoms with Crippen molar-refractivity contribution in [2.24, 2.45) is 0 Å². The van der Waals surface area contributed by atoms with Crippen LogP contribution in [0.2, 0.25) is 10.0 Å². The second kappa shape index (κ2) is 14.0. The first kappa shape index (κ1) is 31.2. The molecule has 42 heavy (non-hydrogen) atoms. The molecule has 10 heteroatoms. The van der Waals surface area contributed by atoms with Crippen LogP contribution in [-0.2, 0) is 10.2 Å². The van der Waals surface area contributed by atoms with Gasteiger partial charge < -0.3 is 33.6 Å². The maximum absolute atomic E-state index is 13.9. The van der Waals surface area contributed by atoms with Crippen molar-refractivity contribution < 1.29 is 23.7 Å². The molecule has 2 aromatic carbocycles. The zero-order valence-corrected chi connectivity index (χ0v) is 26.5. The van der Waals surface area contributed by atoms with E-state index in [4.69, 9.17) is 42.1 Å². The Kier molecular flexibility index (Phi) is 10.4. The molecule has 3 saturated heterocycles. The summed E-state index contributed by atoms with van der Waals surface area (Å²) in [6.45, 7) is 7.04. The molecule has 2 aromatic rings. The molecule has 3 aliphatic heterocycles. The lowest BCUT2D eigenvalue weighted by Gasteiger charge is -2.44. The van der Waals surface area contributed by atoms with Crippen molar-refractivity contribution >= 4 is 29.1 Å². The summed E-state index contributed by atoms with van der Waals surface area (Å²) < 4.78 is 22.6. The molecule has 0 spiro atoms. The largest absolute Gasteiger partial charge is 0.493 e. The van der Waals surface area contributed by atoms with Crippen molar-refractivity contribution in [3.63, 3.8) is 0 Å². The zero-order chi connectivity index (χ0) is 29.7. The quantitative estimate of drug-likeness (QED) is 0.337. The van der Waals surface area contributed by atoms with E-state index in [1.807, 2.05) is 18.2 Å². The topological polar surface area (TPSA) is 63.7 Å². The van der Waals surface area contributed by atoms with Gasteiger partial charge in [0.1, 0.15) is 6.73 Å². The number of ether oxygens (including phenoxy) is 4. The Morgan fingerprint density at radius 3 is 2.26 bits per heavy atom. The number of piperidine rings is 1. The average molecular weight is 621 g/mol. The fourth-order valence-corrected chi connectivity index (χ4v) is 7.18. The molecule has 0 aliphatic carbocycles. The molecule has 1 amide bonds. The number of carbonyl (C=O) groups is 1. The van der Waals surface area contributed by atoms with Crippen LogP contribution in [0.5, 0.6) is 17.2 Å². The van der Waals surface area contributed by atoms with Gasteiger partial charge in [-0.15, -0.1) is 0 Å². The fourth-order valence-electron chi connectivity index (χ4n) is 6.88. The summed E-state index contributed by atoms with van der Waals surface area (Å²) in [5.74, 6) is 1.15. The molecular formula is C32H43Cl2N3O5. The van der Waals surface area contributed by atoms with E-state index in [-0.39, 0.29) is 12.6 Å². The lowest BCUT2D eigenvalue weighted by Crippen LogP contribution is -2.52. The lowest BCUT2D eigenvalue weighted by atomic mass is 9.76. The highest BCUT2D eigenvalue weighted by Gasteiger charge is 2.40. The third-order valence-electron chi connectivity index (χ3n) is 9.19. The third-order valence-corrected chi connectivity index (χ3v) is 9.93. The van der Waals surface area contributed by atoms with Crippen LogP contribution in [-0.4, -0.2) is 101 Å². The summed E-state index contributed by atoms with van der Waals surface area (Å²) in [7, 11) is 4.63. The average Bonchev–Trinajstić information content (AvgIpc) is 3.57. The minimum Gasteiger partial charge on any atom is -0.493 e. The Labute approximate surface area is 259 Å². The van der Waals surface area contributed by atoms with Crippen LogP contribution in [0.15, 0.2) is 30.3 Å². The summed E-state index contributed by atoms with van der Waals surface area (Å²) in [5.41, 5.74) is 1.06. The van der Waals surface area contributed by atoms with Crippen molar-refractivity contribution in [1.82, 2.24) is 14.7 Å². The molecule has 0 radical (unpaired) electrons. The van der Waals surface area contributed by atoms with Crippen molar-refractivity contribution in [2.75, 3.05) is 73.9 Å². The molecule has 3 fully saturated rings. The Hall–Kier alpha value is -2.23. The van der Waals surface area contributed by atoms with Gasteiger partial charge in [0.2, 0.25) is 5.75 Å². The molecule has 0 aromatic heterocycles. The lowest BCUT2D eigenvalue weighted by molar-refractivity contribution is -0.0505. The predicted molar refractivity (Wildman–Crippen MR) is 166 cm³/mol. The van der Waals surface area contributed by atoms with Crippen molar-refractivity contribution in [3.05, 3.63) is 51.5 Å². The summed E-state index contributed by atoms with van der Waals surface area (Å²) in [4.78, 5) is 20.9. The molecule has 1 atom stereocenters. The summed E-state index contributed by atoms with van der Waals surface area (Å²) in [6, 6.07) is 9.90. The Bertz CT molecular complexity index is 1210. The number of halogens is 2. The second-order valence-corrected chi connectivity index (χ2v) is 12.5. The van der Waals surface area contributed by atoms with Crippen LogP contribution >= 0.6 is 23.2 Å². The highest BCUT2D eigenvalue weighted by atomic mass is 35.5. The number of nitrogens with zero attached hydrogens (tertiary/aromatic N) is 3. The maximum atomic E-state index is 13.9. The van der Waals surface area contributed by atoms with Gasteiger partial charge in [-0.3, -0.25) is 4.79 Å². The molecule has 3 aliphatic rings. The highest BCUT2D eigenvalue weighted by molar-refractivity contribution is 6.42. The SMILES string of the molecule is COc1cc(C(=O)N2COCC(CCCN3CCC(N4CCCC4)CC3)(c3ccc(Cl)c(Cl)c3)C2)cc(OC)c1OC. The number of methoxy groups -OCH3 is 3. The van der Waals surface area contributed by atoms with Gasteiger partial charge in [0, 0.05) is 23.6 Å². The van der Waals surface area contributed by atoms with E-state index in [1.165, 1.54) is 38.8 Å². The van der Waals surface area contributed by atoms with E-state index in [0.29, 0.717) is 46.0 Å². The molecule has 3 heterocycles. The molecule has 5 rings (SSSR count). The maximum Gasteiger partial charge on any atom is 0.255 e. The summed E-state index contributed by atoms with van der Waals surface area (Å²) in [6.07, 6.45) is 7.03. The van der Waals surface area contributed by atoms with E-state index >= 15 is 0 Å². The minimum atomic E-state index is -0.420. The number of amides is 1. The van der Waals surface area contributed by atoms with Crippen LogP contribution in [0.1, 0.15) is 54.4 Å². The third kappa shape index (κ3) is 6.78. The zero-order valence-electron chi connectivity index (χ0n) is 25.0. The van der Waals surface area contributed by atoms with Gasteiger partial charge in [-0.25, -0.2) is 0 Å². The first-order chi connectivity index (χ1) is 20.4. The van der Waals surface area contributed by atoms with E-state index in [2.05, 4.69) is 9.80 Å². The van der Waals surface area contributed by atoms with Crippen molar-refractivity contribution in [2.45, 2.75) is 50.0 Å². The first-order valence-corrected chi connectivity index (χ1v) is 15.7. The number of likely N-dealkylation sites (tertiary alicyclic amines) is 2. The Morgan fingerprint density at radius 2 is 1.64 bits per heavy atom. The molecule has 0 N–H and O–H groups in total. The number of carbonyl (C=O) groups excluding carboxylic acids is 1. The van der Waals surface area contributed by atoms with Gasteiger partial charge in [-0.2, -0.15) is 0 Å². The van der Waals surface area contributed by atoms with Crippen molar-refractivity contribution in [1.29, 1.82) is 0 Å². The van der Waals surface area contributed by atoms with Crippen LogP contribution < -0.4 is 14.2 Å². The van der Waals surface area contributed by atoms with E-state index in [9.17, 15) is 4.79 Å². The minimum absolute atomic E-state index is 0.164. The van der Waals surface area contributed by atoms with Crippen LogP contribution in [0.4, 0.5) is 0 Å². The molecule has 0 bridgehead atoms. The van der Waals surface area contributed by atoms with E-state index in [1.54, 1.807) is 38.4 Å². The number of hydrogen-bond donors (Lipinski definition) is 0. The van der Waals surface area contributed by atoms with Crippen molar-refractivity contribution in [3.8, 4) is 17.2 Å². The monoisotopic (exact) mass is 619 g/mol. The van der Waals surface area contributed by atoms with Gasteiger partial charge >= 0.3 is 0 Å². The standard InChI is InChI=1S/C32H43Cl2N3O5/c1-39-28-17-23(18-29(40-2)30(28)41-3)31(38)37-20-32(21-42-22-37,24-7-8-26(33)27(34)19-24)11-6-12-35-15-9-25(10-16-35)36-13-4-5-14-36/h7-8,17-19,25H,4-6,9-16,20-22H2,1-3H3. The molecule has 8 nitrogen and oxygen atoms in total. The van der Waals surface area contributed by atoms with Gasteiger partial charge in [-0.05, 0) is 101 Å². The van der Waals surface area contributed by atoms with E-state index in [0.717, 1.165) is 44.1 Å².